The summed E-state index contributed by atoms with van der Waals surface area (Å²) in [7, 11) is 3.87. The van der Waals surface area contributed by atoms with Gasteiger partial charge in [-0.25, -0.2) is 9.97 Å². The molecular formula is C16H16N8. The number of H-pyrrole nitrogens is 1. The van der Waals surface area contributed by atoms with E-state index in [0.29, 0.717) is 12.4 Å². The second-order valence-electron chi connectivity index (χ2n) is 5.55. The quantitative estimate of drug-likeness (QED) is 0.616. The number of fused-ring (bicyclic) bond motifs is 1. The van der Waals surface area contributed by atoms with E-state index in [1.54, 1.807) is 29.5 Å². The van der Waals surface area contributed by atoms with Crippen molar-refractivity contribution >= 4 is 16.9 Å². The minimum atomic E-state index is 0.653. The Morgan fingerprint density at radius 3 is 2.71 bits per heavy atom. The summed E-state index contributed by atoms with van der Waals surface area (Å²) < 4.78 is 1.76. The molecule has 4 heterocycles. The van der Waals surface area contributed by atoms with Gasteiger partial charge in [0, 0.05) is 38.2 Å². The first-order valence-electron chi connectivity index (χ1n) is 7.52. The highest BCUT2D eigenvalue weighted by Gasteiger charge is 2.16. The zero-order chi connectivity index (χ0) is 16.5. The minimum Gasteiger partial charge on any atom is -0.353 e. The van der Waals surface area contributed by atoms with E-state index in [1.807, 2.05) is 32.3 Å². The van der Waals surface area contributed by atoms with Gasteiger partial charge in [-0.15, -0.1) is 0 Å². The van der Waals surface area contributed by atoms with Crippen LogP contribution in [0.1, 0.15) is 5.69 Å². The lowest BCUT2D eigenvalue weighted by Crippen LogP contribution is -2.19. The average molecular weight is 320 g/mol. The van der Waals surface area contributed by atoms with Crippen LogP contribution >= 0.6 is 0 Å². The van der Waals surface area contributed by atoms with Gasteiger partial charge in [0.05, 0.1) is 23.8 Å². The number of nitrogens with zero attached hydrogens (tertiary/aromatic N) is 7. The van der Waals surface area contributed by atoms with E-state index in [4.69, 9.17) is 4.98 Å². The topological polar surface area (TPSA) is 88.4 Å². The zero-order valence-corrected chi connectivity index (χ0v) is 13.4. The molecule has 120 valence electrons. The highest BCUT2D eigenvalue weighted by atomic mass is 15.3. The Hall–Kier alpha value is -3.29. The van der Waals surface area contributed by atoms with Gasteiger partial charge < -0.3 is 4.90 Å². The fourth-order valence-electron chi connectivity index (χ4n) is 2.63. The number of aryl methyl sites for hydroxylation is 1. The molecule has 0 bridgehead atoms. The van der Waals surface area contributed by atoms with E-state index in [0.717, 1.165) is 28.1 Å². The number of anilines is 1. The van der Waals surface area contributed by atoms with Crippen LogP contribution in [0.5, 0.6) is 0 Å². The Labute approximate surface area is 138 Å². The highest BCUT2D eigenvalue weighted by molar-refractivity contribution is 5.88. The molecular weight excluding hydrogens is 304 g/mol. The van der Waals surface area contributed by atoms with Crippen molar-refractivity contribution in [2.75, 3.05) is 11.9 Å². The van der Waals surface area contributed by atoms with Crippen LogP contribution in [-0.4, -0.2) is 42.0 Å². The van der Waals surface area contributed by atoms with Crippen LogP contribution in [0.25, 0.3) is 22.4 Å². The molecule has 0 fully saturated rings. The third kappa shape index (κ3) is 2.47. The number of hydrogen-bond acceptors (Lipinski definition) is 6. The monoisotopic (exact) mass is 320 g/mol. The van der Waals surface area contributed by atoms with Gasteiger partial charge in [-0.05, 0) is 18.2 Å². The molecule has 1 N–H and O–H groups in total. The van der Waals surface area contributed by atoms with Crippen LogP contribution in [0.4, 0.5) is 5.82 Å². The normalized spacial score (nSPS) is 11.1. The molecule has 0 amide bonds. The fraction of sp³-hybridized carbons (Fsp3) is 0.188. The van der Waals surface area contributed by atoms with Gasteiger partial charge in [0.25, 0.3) is 0 Å². The summed E-state index contributed by atoms with van der Waals surface area (Å²) in [6, 6.07) is 5.74. The fourth-order valence-corrected chi connectivity index (χ4v) is 2.63. The molecule has 0 aliphatic rings. The first kappa shape index (κ1) is 14.3. The van der Waals surface area contributed by atoms with Crippen molar-refractivity contribution in [3.05, 3.63) is 48.7 Å². The van der Waals surface area contributed by atoms with E-state index in [-0.39, 0.29) is 0 Å². The van der Waals surface area contributed by atoms with E-state index in [1.165, 1.54) is 0 Å². The third-order valence-electron chi connectivity index (χ3n) is 3.84. The van der Waals surface area contributed by atoms with Crippen molar-refractivity contribution in [3.8, 4) is 11.4 Å². The molecule has 24 heavy (non-hydrogen) atoms. The maximum Gasteiger partial charge on any atom is 0.164 e. The Morgan fingerprint density at radius 1 is 1.12 bits per heavy atom. The second-order valence-corrected chi connectivity index (χ2v) is 5.55. The van der Waals surface area contributed by atoms with Gasteiger partial charge in [-0.2, -0.15) is 10.2 Å². The summed E-state index contributed by atoms with van der Waals surface area (Å²) in [5.74, 6) is 1.48. The summed E-state index contributed by atoms with van der Waals surface area (Å²) in [4.78, 5) is 15.5. The smallest absolute Gasteiger partial charge is 0.164 e. The number of nitrogens with one attached hydrogen (secondary N) is 1. The van der Waals surface area contributed by atoms with Crippen molar-refractivity contribution in [1.29, 1.82) is 0 Å². The van der Waals surface area contributed by atoms with Gasteiger partial charge in [0.2, 0.25) is 0 Å². The SMILES string of the molecule is CN(Cc1ccn[nH]1)c1nc(-c2ccncc2)nc2c1cnn2C. The summed E-state index contributed by atoms with van der Waals surface area (Å²) in [6.07, 6.45) is 7.01. The van der Waals surface area contributed by atoms with Crippen molar-refractivity contribution in [1.82, 2.24) is 34.9 Å². The Balaban J connectivity index is 1.84. The number of rotatable bonds is 4. The molecule has 4 rings (SSSR count). The Morgan fingerprint density at radius 2 is 1.96 bits per heavy atom. The Bertz CT molecular complexity index is 959. The van der Waals surface area contributed by atoms with E-state index >= 15 is 0 Å². The molecule has 8 nitrogen and oxygen atoms in total. The molecule has 0 aromatic carbocycles. The number of aromatic amines is 1. The van der Waals surface area contributed by atoms with Crippen LogP contribution in [-0.2, 0) is 13.6 Å². The van der Waals surface area contributed by atoms with Crippen molar-refractivity contribution < 1.29 is 0 Å². The first-order valence-corrected chi connectivity index (χ1v) is 7.52. The summed E-state index contributed by atoms with van der Waals surface area (Å²) in [5, 5.41) is 12.2. The molecule has 8 heteroatoms. The van der Waals surface area contributed by atoms with E-state index < -0.39 is 0 Å². The molecule has 0 saturated carbocycles. The molecule has 0 saturated heterocycles. The molecule has 0 spiro atoms. The second kappa shape index (κ2) is 5.73. The van der Waals surface area contributed by atoms with Crippen LogP contribution < -0.4 is 4.90 Å². The lowest BCUT2D eigenvalue weighted by molar-refractivity contribution is 0.785. The van der Waals surface area contributed by atoms with Crippen molar-refractivity contribution in [3.63, 3.8) is 0 Å². The number of aromatic nitrogens is 7. The molecule has 4 aromatic rings. The minimum absolute atomic E-state index is 0.653. The molecule has 0 atom stereocenters. The van der Waals surface area contributed by atoms with Gasteiger partial charge in [0.1, 0.15) is 5.82 Å². The van der Waals surface area contributed by atoms with Crippen LogP contribution in [0.3, 0.4) is 0 Å². The Kier molecular flexibility index (Phi) is 3.42. The summed E-state index contributed by atoms with van der Waals surface area (Å²) >= 11 is 0. The van der Waals surface area contributed by atoms with Crippen molar-refractivity contribution in [2.24, 2.45) is 7.05 Å². The van der Waals surface area contributed by atoms with E-state index in [9.17, 15) is 0 Å². The lowest BCUT2D eigenvalue weighted by atomic mass is 10.2. The molecule has 4 aromatic heterocycles. The molecule has 0 unspecified atom stereocenters. The standard InChI is InChI=1S/C16H16N8/c1-23(10-12-5-8-18-22-12)15-13-9-19-24(2)16(13)21-14(20-15)11-3-6-17-7-4-11/h3-9H,10H2,1-2H3,(H,18,22). The van der Waals surface area contributed by atoms with Gasteiger partial charge in [-0.1, -0.05) is 0 Å². The average Bonchev–Trinajstić information content (AvgIpc) is 3.25. The van der Waals surface area contributed by atoms with Gasteiger partial charge >= 0.3 is 0 Å². The largest absolute Gasteiger partial charge is 0.353 e. The van der Waals surface area contributed by atoms with Gasteiger partial charge in [-0.3, -0.25) is 14.8 Å². The highest BCUT2D eigenvalue weighted by Crippen LogP contribution is 2.27. The lowest BCUT2D eigenvalue weighted by Gasteiger charge is -2.18. The van der Waals surface area contributed by atoms with Crippen molar-refractivity contribution in [2.45, 2.75) is 6.54 Å². The third-order valence-corrected chi connectivity index (χ3v) is 3.84. The summed E-state index contributed by atoms with van der Waals surface area (Å²) in [5.41, 5.74) is 2.73. The van der Waals surface area contributed by atoms with Crippen LogP contribution in [0.15, 0.2) is 43.0 Å². The van der Waals surface area contributed by atoms with E-state index in [2.05, 4.69) is 30.2 Å². The zero-order valence-electron chi connectivity index (χ0n) is 13.4. The molecule has 0 aliphatic carbocycles. The predicted molar refractivity (Wildman–Crippen MR) is 90.2 cm³/mol. The van der Waals surface area contributed by atoms with Crippen LogP contribution in [0.2, 0.25) is 0 Å². The van der Waals surface area contributed by atoms with Gasteiger partial charge in [0.15, 0.2) is 11.5 Å². The maximum atomic E-state index is 4.76. The predicted octanol–water partition coefficient (Wildman–Crippen LogP) is 1.78. The maximum absolute atomic E-state index is 4.76. The van der Waals surface area contributed by atoms with Crippen LogP contribution in [0, 0.1) is 0 Å². The molecule has 0 aliphatic heterocycles. The number of pyridine rings is 1. The number of hydrogen-bond donors (Lipinski definition) is 1. The first-order chi connectivity index (χ1) is 11.7. The molecule has 0 radical (unpaired) electrons. The summed E-state index contributed by atoms with van der Waals surface area (Å²) in [6.45, 7) is 0.663.